The Morgan fingerprint density at radius 3 is 1.85 bits per heavy atom. The minimum atomic E-state index is -0.0385. The van der Waals surface area contributed by atoms with Crippen LogP contribution in [0.25, 0.3) is 22.1 Å². The van der Waals surface area contributed by atoms with E-state index in [-0.39, 0.29) is 16.9 Å². The van der Waals surface area contributed by atoms with Crippen LogP contribution in [0, 0.1) is 13.8 Å². The summed E-state index contributed by atoms with van der Waals surface area (Å²) < 4.78 is 3.69. The quantitative estimate of drug-likeness (QED) is 0.228. The molecular formula is C41H51N9O3S. The van der Waals surface area contributed by atoms with E-state index in [1.807, 2.05) is 65.6 Å². The number of benzene rings is 2. The first-order valence-electron chi connectivity index (χ1n) is 19.2. The van der Waals surface area contributed by atoms with E-state index in [2.05, 4.69) is 36.1 Å². The fourth-order valence-electron chi connectivity index (χ4n) is 7.60. The number of piperidine rings is 2. The van der Waals surface area contributed by atoms with E-state index in [0.717, 1.165) is 121 Å². The van der Waals surface area contributed by atoms with Crippen molar-refractivity contribution in [1.82, 2.24) is 39.2 Å². The lowest BCUT2D eigenvalue weighted by molar-refractivity contribution is -0.116. The summed E-state index contributed by atoms with van der Waals surface area (Å²) >= 11 is 1.55. The third-order valence-electron chi connectivity index (χ3n) is 10.8. The summed E-state index contributed by atoms with van der Waals surface area (Å²) in [7, 11) is 0. The normalized spacial score (nSPS) is 17.4. The molecule has 3 aliphatic heterocycles. The Kier molecular flexibility index (Phi) is 12.3. The second-order valence-corrected chi connectivity index (χ2v) is 15.9. The fraction of sp³-hybridized carbons (Fsp3) is 0.463. The number of thioether (sulfide) groups is 1. The number of nitrogens with one attached hydrogen (secondary N) is 1. The highest BCUT2D eigenvalue weighted by Crippen LogP contribution is 2.27. The van der Waals surface area contributed by atoms with Gasteiger partial charge in [-0.15, -0.1) is 0 Å². The average molecular weight is 750 g/mol. The number of fused-ring (bicyclic) bond motifs is 3. The number of rotatable bonds is 9. The number of nitrogens with zero attached hydrogens (tertiary/aromatic N) is 7. The van der Waals surface area contributed by atoms with E-state index >= 15 is 0 Å². The second-order valence-electron chi connectivity index (χ2n) is 15.0. The van der Waals surface area contributed by atoms with Crippen LogP contribution in [0.4, 0.5) is 0 Å². The molecule has 5 aromatic rings. The lowest BCUT2D eigenvalue weighted by atomic mass is 10.0. The Hall–Kier alpha value is -4.27. The van der Waals surface area contributed by atoms with Crippen LogP contribution in [0.5, 0.6) is 0 Å². The van der Waals surface area contributed by atoms with E-state index in [0.29, 0.717) is 37.3 Å². The number of Topliss-reactive ketones (excluding diaryl/α,β-unsaturated/α-hetero) is 1. The number of carbonyl (C=O) groups is 1. The SMILES string of the molecule is Cc1ccc2ncc(=O)n(CCN3CCC(N)CC3)c2c1.Cc1ccc2ncc(=O)n(CCN3CCC(NCc4cnc5c(c4)CC(=O)CS5)CC3)c2c1. The Morgan fingerprint density at radius 2 is 1.28 bits per heavy atom. The van der Waals surface area contributed by atoms with Gasteiger partial charge in [-0.1, -0.05) is 23.9 Å². The monoisotopic (exact) mass is 749 g/mol. The van der Waals surface area contributed by atoms with Gasteiger partial charge in [-0.05, 0) is 118 Å². The fourth-order valence-corrected chi connectivity index (χ4v) is 8.44. The third kappa shape index (κ3) is 9.50. The average Bonchev–Trinajstić information content (AvgIpc) is 3.17. The summed E-state index contributed by atoms with van der Waals surface area (Å²) in [6.07, 6.45) is 9.55. The number of aryl methyl sites for hydroxylation is 2. The molecule has 6 heterocycles. The Bertz CT molecular complexity index is 2220. The van der Waals surface area contributed by atoms with Gasteiger partial charge >= 0.3 is 0 Å². The molecule has 54 heavy (non-hydrogen) atoms. The predicted octanol–water partition coefficient (Wildman–Crippen LogP) is 3.70. The van der Waals surface area contributed by atoms with Crippen LogP contribution in [0.2, 0.25) is 0 Å². The van der Waals surface area contributed by atoms with Gasteiger partial charge in [0.25, 0.3) is 11.1 Å². The van der Waals surface area contributed by atoms with Gasteiger partial charge in [0, 0.05) is 57.4 Å². The molecule has 0 spiro atoms. The van der Waals surface area contributed by atoms with E-state index < -0.39 is 0 Å². The van der Waals surface area contributed by atoms with Crippen molar-refractivity contribution in [1.29, 1.82) is 0 Å². The second kappa shape index (κ2) is 17.5. The third-order valence-corrected chi connectivity index (χ3v) is 11.9. The van der Waals surface area contributed by atoms with E-state index in [1.165, 1.54) is 12.4 Å². The Balaban J connectivity index is 0.000000184. The molecular weight excluding hydrogens is 699 g/mol. The maximum Gasteiger partial charge on any atom is 0.269 e. The van der Waals surface area contributed by atoms with Crippen LogP contribution in [0.15, 0.2) is 75.7 Å². The number of ketones is 1. The number of nitrogens with two attached hydrogens (primary N) is 1. The van der Waals surface area contributed by atoms with E-state index in [4.69, 9.17) is 5.73 Å². The zero-order valence-electron chi connectivity index (χ0n) is 31.4. The van der Waals surface area contributed by atoms with Gasteiger partial charge < -0.3 is 30.0 Å². The molecule has 0 bridgehead atoms. The van der Waals surface area contributed by atoms with Crippen molar-refractivity contribution in [2.24, 2.45) is 5.73 Å². The summed E-state index contributed by atoms with van der Waals surface area (Å²) in [6, 6.07) is 15.0. The van der Waals surface area contributed by atoms with Crippen molar-refractivity contribution >= 4 is 39.6 Å². The maximum atomic E-state index is 12.4. The zero-order valence-corrected chi connectivity index (χ0v) is 32.2. The van der Waals surface area contributed by atoms with Crippen molar-refractivity contribution in [3.63, 3.8) is 0 Å². The van der Waals surface area contributed by atoms with Gasteiger partial charge in [-0.25, -0.2) is 15.0 Å². The smallest absolute Gasteiger partial charge is 0.269 e. The molecule has 12 nitrogen and oxygen atoms in total. The summed E-state index contributed by atoms with van der Waals surface area (Å²) in [5.74, 6) is 0.825. The van der Waals surface area contributed by atoms with Crippen LogP contribution in [0.1, 0.15) is 47.9 Å². The van der Waals surface area contributed by atoms with Gasteiger partial charge in [-0.3, -0.25) is 14.4 Å². The molecule has 2 fully saturated rings. The predicted molar refractivity (Wildman–Crippen MR) is 215 cm³/mol. The number of hydrogen-bond acceptors (Lipinski definition) is 11. The molecule has 0 unspecified atom stereocenters. The van der Waals surface area contributed by atoms with Crippen molar-refractivity contribution in [2.75, 3.05) is 45.0 Å². The zero-order chi connectivity index (χ0) is 37.6. The molecule has 2 saturated heterocycles. The van der Waals surface area contributed by atoms with E-state index in [1.54, 1.807) is 11.8 Å². The number of pyridine rings is 1. The van der Waals surface area contributed by atoms with Crippen LogP contribution >= 0.6 is 11.8 Å². The molecule has 0 radical (unpaired) electrons. The standard InChI is InChI=1S/C25H29N5O2S.C16H22N4O/c1-17-2-3-22-23(10-17)30(24(32)15-27-22)9-8-29-6-4-20(5-7-29)26-13-18-11-19-12-21(31)16-33-25(19)28-14-18;1-12-2-3-14-15(10-12)20(16(21)11-18-14)9-8-19-6-4-13(17)5-7-19/h2-3,10-11,14-15,20,26H,4-9,12-13,16H2,1H3;2-3,10-11,13H,4-9,17H2,1H3. The lowest BCUT2D eigenvalue weighted by Crippen LogP contribution is -2.43. The first kappa shape index (κ1) is 38.0. The largest absolute Gasteiger partial charge is 0.328 e. The highest BCUT2D eigenvalue weighted by Gasteiger charge is 2.21. The first-order chi connectivity index (χ1) is 26.2. The number of carbonyl (C=O) groups excluding carboxylic acids is 1. The van der Waals surface area contributed by atoms with Crippen molar-refractivity contribution in [3.8, 4) is 0 Å². The molecule has 0 amide bonds. The molecule has 3 N–H and O–H groups in total. The highest BCUT2D eigenvalue weighted by molar-refractivity contribution is 8.00. The molecule has 0 saturated carbocycles. The van der Waals surface area contributed by atoms with Gasteiger partial charge in [-0.2, -0.15) is 0 Å². The molecule has 0 atom stereocenters. The first-order valence-corrected chi connectivity index (χ1v) is 20.2. The molecule has 3 aliphatic rings. The van der Waals surface area contributed by atoms with E-state index in [9.17, 15) is 14.4 Å². The minimum absolute atomic E-state index is 0.0261. The van der Waals surface area contributed by atoms with Gasteiger partial charge in [0.05, 0.1) is 40.2 Å². The van der Waals surface area contributed by atoms with Crippen LogP contribution in [-0.4, -0.2) is 96.8 Å². The number of aromatic nitrogens is 5. The van der Waals surface area contributed by atoms with Crippen LogP contribution in [0.3, 0.4) is 0 Å². The minimum Gasteiger partial charge on any atom is -0.328 e. The summed E-state index contributed by atoms with van der Waals surface area (Å²) in [5, 5.41) is 4.67. The van der Waals surface area contributed by atoms with Crippen molar-refractivity contribution in [2.45, 2.75) is 82.7 Å². The van der Waals surface area contributed by atoms with Crippen molar-refractivity contribution in [3.05, 3.63) is 104 Å². The summed E-state index contributed by atoms with van der Waals surface area (Å²) in [5.41, 5.74) is 13.9. The van der Waals surface area contributed by atoms with Crippen molar-refractivity contribution < 1.29 is 4.79 Å². The van der Waals surface area contributed by atoms with Gasteiger partial charge in [0.1, 0.15) is 10.8 Å². The van der Waals surface area contributed by atoms with Gasteiger partial charge in [0.15, 0.2) is 0 Å². The van der Waals surface area contributed by atoms with Crippen LogP contribution < -0.4 is 22.2 Å². The highest BCUT2D eigenvalue weighted by atomic mass is 32.2. The molecule has 0 aliphatic carbocycles. The molecule has 3 aromatic heterocycles. The lowest BCUT2D eigenvalue weighted by Gasteiger charge is -2.32. The topological polar surface area (TPSA) is 144 Å². The molecule has 284 valence electrons. The summed E-state index contributed by atoms with van der Waals surface area (Å²) in [6.45, 7) is 12.1. The molecule has 8 rings (SSSR count). The molecule has 13 heteroatoms. The van der Waals surface area contributed by atoms with Gasteiger partial charge in [0.2, 0.25) is 0 Å². The Morgan fingerprint density at radius 1 is 0.722 bits per heavy atom. The summed E-state index contributed by atoms with van der Waals surface area (Å²) in [4.78, 5) is 54.2. The molecule has 2 aromatic carbocycles. The number of likely N-dealkylation sites (tertiary alicyclic amines) is 2. The Labute approximate surface area is 320 Å². The maximum absolute atomic E-state index is 12.4. The van der Waals surface area contributed by atoms with Crippen LogP contribution in [-0.2, 0) is 30.8 Å². The number of hydrogen-bond donors (Lipinski definition) is 2.